The standard InChI is InChI=1S/C20H26N4O5S/c1-14-6-4-5-7-17(14)24(30(3,27)28)13-19(25)23-10-8-16(9-11-23)20(26)21-18-12-15(2)29-22-18/h4-7,12,16H,8-11,13H2,1-3H3,(H,21,22,26). The van der Waals surface area contributed by atoms with Gasteiger partial charge >= 0.3 is 0 Å². The van der Waals surface area contributed by atoms with Gasteiger partial charge in [0.05, 0.1) is 11.9 Å². The summed E-state index contributed by atoms with van der Waals surface area (Å²) >= 11 is 0. The number of likely N-dealkylation sites (tertiary alicyclic amines) is 1. The maximum absolute atomic E-state index is 12.8. The lowest BCUT2D eigenvalue weighted by Gasteiger charge is -2.33. The number of piperidine rings is 1. The van der Waals surface area contributed by atoms with Crippen molar-refractivity contribution >= 4 is 33.3 Å². The van der Waals surface area contributed by atoms with E-state index in [2.05, 4.69) is 10.5 Å². The lowest BCUT2D eigenvalue weighted by Crippen LogP contribution is -2.47. The second-order valence-electron chi connectivity index (χ2n) is 7.52. The molecule has 0 atom stereocenters. The number of carbonyl (C=O) groups excluding carboxylic acids is 2. The number of sulfonamides is 1. The minimum Gasteiger partial charge on any atom is -0.360 e. The summed E-state index contributed by atoms with van der Waals surface area (Å²) in [7, 11) is -3.63. The number of rotatable bonds is 6. The van der Waals surface area contributed by atoms with E-state index in [1.165, 1.54) is 0 Å². The molecule has 1 saturated heterocycles. The molecule has 0 spiro atoms. The second-order valence-corrected chi connectivity index (χ2v) is 9.43. The monoisotopic (exact) mass is 434 g/mol. The number of anilines is 2. The highest BCUT2D eigenvalue weighted by atomic mass is 32.2. The highest BCUT2D eigenvalue weighted by Gasteiger charge is 2.30. The Morgan fingerprint density at radius 3 is 2.47 bits per heavy atom. The van der Waals surface area contributed by atoms with E-state index in [9.17, 15) is 18.0 Å². The zero-order chi connectivity index (χ0) is 21.9. The number of amides is 2. The molecule has 1 aliphatic rings. The molecule has 162 valence electrons. The summed E-state index contributed by atoms with van der Waals surface area (Å²) in [4.78, 5) is 26.8. The fraction of sp³-hybridized carbons (Fsp3) is 0.450. The number of nitrogens with one attached hydrogen (secondary N) is 1. The Morgan fingerprint density at radius 1 is 1.23 bits per heavy atom. The van der Waals surface area contributed by atoms with Crippen LogP contribution >= 0.6 is 0 Å². The average molecular weight is 435 g/mol. The first-order chi connectivity index (χ1) is 14.1. The number of carbonyl (C=O) groups is 2. The van der Waals surface area contributed by atoms with Crippen molar-refractivity contribution in [2.45, 2.75) is 26.7 Å². The smallest absolute Gasteiger partial charge is 0.243 e. The molecule has 2 aromatic rings. The van der Waals surface area contributed by atoms with E-state index in [1.807, 2.05) is 6.07 Å². The Morgan fingerprint density at radius 2 is 1.90 bits per heavy atom. The van der Waals surface area contributed by atoms with E-state index in [1.54, 1.807) is 43.0 Å². The molecular formula is C20H26N4O5S. The summed E-state index contributed by atoms with van der Waals surface area (Å²) in [5.41, 5.74) is 1.26. The zero-order valence-electron chi connectivity index (χ0n) is 17.3. The predicted octanol–water partition coefficient (Wildman–Crippen LogP) is 1.93. The van der Waals surface area contributed by atoms with Gasteiger partial charge in [0.25, 0.3) is 0 Å². The van der Waals surface area contributed by atoms with E-state index < -0.39 is 10.0 Å². The van der Waals surface area contributed by atoms with Crippen LogP contribution in [0.2, 0.25) is 0 Å². The van der Waals surface area contributed by atoms with Crippen LogP contribution < -0.4 is 9.62 Å². The van der Waals surface area contributed by atoms with E-state index in [0.717, 1.165) is 16.1 Å². The van der Waals surface area contributed by atoms with Crippen LogP contribution in [0.3, 0.4) is 0 Å². The molecule has 2 heterocycles. The Bertz CT molecular complexity index is 1030. The molecule has 0 aliphatic carbocycles. The quantitative estimate of drug-likeness (QED) is 0.743. The molecule has 0 radical (unpaired) electrons. The second kappa shape index (κ2) is 8.86. The number of hydrogen-bond acceptors (Lipinski definition) is 6. The van der Waals surface area contributed by atoms with Crippen LogP contribution in [-0.2, 0) is 19.6 Å². The van der Waals surface area contributed by atoms with Gasteiger partial charge in [-0.05, 0) is 38.3 Å². The van der Waals surface area contributed by atoms with Gasteiger partial charge in [0.2, 0.25) is 21.8 Å². The van der Waals surface area contributed by atoms with Crippen molar-refractivity contribution in [1.29, 1.82) is 0 Å². The van der Waals surface area contributed by atoms with E-state index in [4.69, 9.17) is 4.52 Å². The third kappa shape index (κ3) is 5.18. The van der Waals surface area contributed by atoms with Crippen molar-refractivity contribution in [3.8, 4) is 0 Å². The molecule has 1 aromatic heterocycles. The normalized spacial score (nSPS) is 15.1. The lowest BCUT2D eigenvalue weighted by molar-refractivity contribution is -0.133. The number of hydrogen-bond donors (Lipinski definition) is 1. The van der Waals surface area contributed by atoms with Crippen LogP contribution in [0.25, 0.3) is 0 Å². The Hall–Kier alpha value is -2.88. The maximum Gasteiger partial charge on any atom is 0.243 e. The average Bonchev–Trinajstić information content (AvgIpc) is 3.10. The Balaban J connectivity index is 1.60. The molecule has 0 saturated carbocycles. The molecule has 1 N–H and O–H groups in total. The predicted molar refractivity (Wildman–Crippen MR) is 113 cm³/mol. The van der Waals surface area contributed by atoms with Crippen molar-refractivity contribution in [3.63, 3.8) is 0 Å². The van der Waals surface area contributed by atoms with Gasteiger partial charge in [0.15, 0.2) is 5.82 Å². The molecule has 0 bridgehead atoms. The third-order valence-corrected chi connectivity index (χ3v) is 6.29. The fourth-order valence-electron chi connectivity index (χ4n) is 3.49. The highest BCUT2D eigenvalue weighted by Crippen LogP contribution is 2.24. The number of nitrogens with zero attached hydrogens (tertiary/aromatic N) is 3. The molecule has 1 aromatic carbocycles. The molecule has 10 heteroatoms. The molecule has 2 amide bonds. The topological polar surface area (TPSA) is 113 Å². The minimum absolute atomic E-state index is 0.159. The van der Waals surface area contributed by atoms with Crippen molar-refractivity contribution in [2.24, 2.45) is 5.92 Å². The first-order valence-electron chi connectivity index (χ1n) is 9.70. The summed E-state index contributed by atoms with van der Waals surface area (Å²) in [6.45, 7) is 4.06. The largest absolute Gasteiger partial charge is 0.360 e. The van der Waals surface area contributed by atoms with Gasteiger partial charge in [-0.15, -0.1) is 0 Å². The summed E-state index contributed by atoms with van der Waals surface area (Å²) in [6.07, 6.45) is 2.09. The van der Waals surface area contributed by atoms with Crippen molar-refractivity contribution < 1.29 is 22.5 Å². The van der Waals surface area contributed by atoms with Gasteiger partial charge in [0, 0.05) is 25.1 Å². The van der Waals surface area contributed by atoms with Crippen molar-refractivity contribution in [1.82, 2.24) is 10.1 Å². The molecular weight excluding hydrogens is 408 g/mol. The van der Waals surface area contributed by atoms with E-state index >= 15 is 0 Å². The van der Waals surface area contributed by atoms with Crippen molar-refractivity contribution in [3.05, 3.63) is 41.7 Å². The summed E-state index contributed by atoms with van der Waals surface area (Å²) in [6, 6.07) is 8.69. The molecule has 1 fully saturated rings. The number of aryl methyl sites for hydroxylation is 2. The SMILES string of the molecule is Cc1cc(NC(=O)C2CCN(C(=O)CN(c3ccccc3C)S(C)(=O)=O)CC2)no1. The van der Waals surface area contributed by atoms with Crippen LogP contribution in [0.15, 0.2) is 34.9 Å². The van der Waals surface area contributed by atoms with E-state index in [0.29, 0.717) is 43.2 Å². The number of benzene rings is 1. The maximum atomic E-state index is 12.8. The molecule has 30 heavy (non-hydrogen) atoms. The van der Waals surface area contributed by atoms with Crippen LogP contribution in [0, 0.1) is 19.8 Å². The molecule has 3 rings (SSSR count). The molecule has 1 aliphatic heterocycles. The van der Waals surface area contributed by atoms with Gasteiger partial charge < -0.3 is 14.7 Å². The summed E-state index contributed by atoms with van der Waals surface area (Å²) < 4.78 is 30.7. The first-order valence-corrected chi connectivity index (χ1v) is 11.6. The Kier molecular flexibility index (Phi) is 6.45. The fourth-order valence-corrected chi connectivity index (χ4v) is 4.40. The van der Waals surface area contributed by atoms with Gasteiger partial charge in [-0.2, -0.15) is 0 Å². The first kappa shape index (κ1) is 21.8. The summed E-state index contributed by atoms with van der Waals surface area (Å²) in [5, 5.41) is 6.47. The minimum atomic E-state index is -3.63. The Labute approximate surface area is 176 Å². The van der Waals surface area contributed by atoms with Gasteiger partial charge in [0.1, 0.15) is 12.3 Å². The van der Waals surface area contributed by atoms with Gasteiger partial charge in [-0.1, -0.05) is 23.4 Å². The van der Waals surface area contributed by atoms with Gasteiger partial charge in [-0.3, -0.25) is 13.9 Å². The molecule has 9 nitrogen and oxygen atoms in total. The van der Waals surface area contributed by atoms with Crippen LogP contribution in [-0.4, -0.2) is 56.2 Å². The summed E-state index contributed by atoms with van der Waals surface area (Å²) in [5.74, 6) is 0.295. The lowest BCUT2D eigenvalue weighted by atomic mass is 9.96. The van der Waals surface area contributed by atoms with Gasteiger partial charge in [-0.25, -0.2) is 8.42 Å². The van der Waals surface area contributed by atoms with Crippen LogP contribution in [0.1, 0.15) is 24.2 Å². The highest BCUT2D eigenvalue weighted by molar-refractivity contribution is 7.92. The third-order valence-electron chi connectivity index (χ3n) is 5.16. The number of aromatic nitrogens is 1. The zero-order valence-corrected chi connectivity index (χ0v) is 18.1. The van der Waals surface area contributed by atoms with Crippen molar-refractivity contribution in [2.75, 3.05) is 35.5 Å². The molecule has 0 unspecified atom stereocenters. The van der Waals surface area contributed by atoms with Crippen LogP contribution in [0.5, 0.6) is 0 Å². The van der Waals surface area contributed by atoms with Crippen LogP contribution in [0.4, 0.5) is 11.5 Å². The number of para-hydroxylation sites is 1. The van der Waals surface area contributed by atoms with E-state index in [-0.39, 0.29) is 24.3 Å².